The van der Waals surface area contributed by atoms with Gasteiger partial charge < -0.3 is 4.74 Å². The molecule has 0 spiro atoms. The summed E-state index contributed by atoms with van der Waals surface area (Å²) >= 11 is 1.89. The van der Waals surface area contributed by atoms with Gasteiger partial charge in [0.2, 0.25) is 0 Å². The van der Waals surface area contributed by atoms with E-state index in [9.17, 15) is 4.79 Å². The summed E-state index contributed by atoms with van der Waals surface area (Å²) in [4.78, 5) is 12.0. The molecule has 1 fully saturated rings. The van der Waals surface area contributed by atoms with E-state index in [2.05, 4.69) is 55.1 Å². The van der Waals surface area contributed by atoms with Crippen molar-refractivity contribution in [2.45, 2.75) is 24.0 Å². The molecule has 2 nitrogen and oxygen atoms in total. The van der Waals surface area contributed by atoms with Crippen molar-refractivity contribution in [1.82, 2.24) is 0 Å². The summed E-state index contributed by atoms with van der Waals surface area (Å²) in [5.74, 6) is 0.798. The molecule has 0 aliphatic heterocycles. The molecule has 2 aromatic carbocycles. The predicted molar refractivity (Wildman–Crippen MR) is 106 cm³/mol. The van der Waals surface area contributed by atoms with Gasteiger partial charge in [0, 0.05) is 10.5 Å². The SMILES string of the molecule is C=CCSC1(c2ccc(-c3ccccc3)cc2)CCC(C(=O)OC)C1. The summed E-state index contributed by atoms with van der Waals surface area (Å²) in [6.07, 6.45) is 4.66. The maximum Gasteiger partial charge on any atom is 0.308 e. The van der Waals surface area contributed by atoms with Gasteiger partial charge in [0.15, 0.2) is 0 Å². The highest BCUT2D eigenvalue weighted by molar-refractivity contribution is 8.00. The van der Waals surface area contributed by atoms with Gasteiger partial charge in [-0.3, -0.25) is 4.79 Å². The van der Waals surface area contributed by atoms with Crippen molar-refractivity contribution in [3.8, 4) is 11.1 Å². The lowest BCUT2D eigenvalue weighted by molar-refractivity contribution is -0.145. The first-order chi connectivity index (χ1) is 12.2. The molecule has 1 saturated carbocycles. The second-order valence-corrected chi connectivity index (χ2v) is 7.90. The van der Waals surface area contributed by atoms with E-state index < -0.39 is 0 Å². The van der Waals surface area contributed by atoms with Crippen LogP contribution in [-0.2, 0) is 14.3 Å². The zero-order chi connectivity index (χ0) is 17.7. The number of carbonyl (C=O) groups excluding carboxylic acids is 1. The van der Waals surface area contributed by atoms with Gasteiger partial charge in [-0.25, -0.2) is 0 Å². The van der Waals surface area contributed by atoms with Gasteiger partial charge in [0.1, 0.15) is 0 Å². The van der Waals surface area contributed by atoms with E-state index in [1.807, 2.05) is 23.9 Å². The first-order valence-electron chi connectivity index (χ1n) is 8.67. The Kier molecular flexibility index (Phi) is 5.64. The Morgan fingerprint density at radius 1 is 1.20 bits per heavy atom. The molecule has 25 heavy (non-hydrogen) atoms. The number of ether oxygens (including phenoxy) is 1. The Balaban J connectivity index is 1.87. The number of hydrogen-bond donors (Lipinski definition) is 0. The average Bonchev–Trinajstić information content (AvgIpc) is 3.12. The zero-order valence-electron chi connectivity index (χ0n) is 14.6. The van der Waals surface area contributed by atoms with E-state index in [0.29, 0.717) is 0 Å². The molecule has 1 aliphatic carbocycles. The Labute approximate surface area is 154 Å². The Bertz CT molecular complexity index is 723. The maximum absolute atomic E-state index is 12.0. The van der Waals surface area contributed by atoms with Crippen LogP contribution in [0, 0.1) is 5.92 Å². The Hall–Kier alpha value is -2.00. The molecule has 3 heteroatoms. The molecule has 2 atom stereocenters. The molecule has 2 aromatic rings. The van der Waals surface area contributed by atoms with E-state index >= 15 is 0 Å². The molecule has 0 heterocycles. The zero-order valence-corrected chi connectivity index (χ0v) is 15.4. The number of esters is 1. The molecule has 2 unspecified atom stereocenters. The number of methoxy groups -OCH3 is 1. The van der Waals surface area contributed by atoms with Gasteiger partial charge in [-0.1, -0.05) is 60.7 Å². The first-order valence-corrected chi connectivity index (χ1v) is 9.66. The lowest BCUT2D eigenvalue weighted by atomic mass is 9.93. The first kappa shape index (κ1) is 17.8. The molecule has 0 bridgehead atoms. The van der Waals surface area contributed by atoms with Gasteiger partial charge in [0.25, 0.3) is 0 Å². The molecule has 0 saturated heterocycles. The van der Waals surface area contributed by atoms with Gasteiger partial charge >= 0.3 is 5.97 Å². The highest BCUT2D eigenvalue weighted by Crippen LogP contribution is 2.52. The second-order valence-electron chi connectivity index (χ2n) is 6.50. The summed E-state index contributed by atoms with van der Waals surface area (Å²) in [6, 6.07) is 19.2. The number of rotatable bonds is 6. The Morgan fingerprint density at radius 3 is 2.52 bits per heavy atom. The maximum atomic E-state index is 12.0. The third-order valence-electron chi connectivity index (χ3n) is 5.00. The minimum atomic E-state index is -0.0815. The summed E-state index contributed by atoms with van der Waals surface area (Å²) < 4.78 is 4.95. The van der Waals surface area contributed by atoms with Gasteiger partial charge in [-0.05, 0) is 36.0 Å². The number of hydrogen-bond acceptors (Lipinski definition) is 3. The van der Waals surface area contributed by atoms with Crippen LogP contribution in [0.25, 0.3) is 11.1 Å². The summed E-state index contributed by atoms with van der Waals surface area (Å²) in [5.41, 5.74) is 3.74. The molecule has 0 N–H and O–H groups in total. The minimum absolute atomic E-state index is 0.00360. The molecular weight excluding hydrogens is 328 g/mol. The highest BCUT2D eigenvalue weighted by Gasteiger charge is 2.43. The van der Waals surface area contributed by atoms with Crippen LogP contribution in [0.2, 0.25) is 0 Å². The van der Waals surface area contributed by atoms with Crippen LogP contribution in [0.4, 0.5) is 0 Å². The number of carbonyl (C=O) groups is 1. The van der Waals surface area contributed by atoms with E-state index in [-0.39, 0.29) is 16.6 Å². The van der Waals surface area contributed by atoms with Gasteiger partial charge in [-0.15, -0.1) is 18.3 Å². The largest absolute Gasteiger partial charge is 0.469 e. The predicted octanol–water partition coefficient (Wildman–Crippen LogP) is 5.44. The molecule has 1 aliphatic rings. The average molecular weight is 352 g/mol. The fraction of sp³-hybridized carbons (Fsp3) is 0.318. The van der Waals surface area contributed by atoms with Gasteiger partial charge in [-0.2, -0.15) is 0 Å². The minimum Gasteiger partial charge on any atom is -0.469 e. The van der Waals surface area contributed by atoms with Gasteiger partial charge in [0.05, 0.1) is 13.0 Å². The lowest BCUT2D eigenvalue weighted by Gasteiger charge is -2.29. The third kappa shape index (κ3) is 3.82. The third-order valence-corrected chi connectivity index (χ3v) is 6.56. The topological polar surface area (TPSA) is 26.3 Å². The standard InChI is InChI=1S/C22H24O2S/c1-3-15-25-22(14-13-19(16-22)21(23)24-2)20-11-9-18(10-12-20)17-7-5-4-6-8-17/h3-12,19H,1,13-16H2,2H3. The van der Waals surface area contributed by atoms with Crippen LogP contribution >= 0.6 is 11.8 Å². The second kappa shape index (κ2) is 7.92. The monoisotopic (exact) mass is 352 g/mol. The van der Waals surface area contributed by atoms with E-state index in [4.69, 9.17) is 4.74 Å². The highest BCUT2D eigenvalue weighted by atomic mass is 32.2. The van der Waals surface area contributed by atoms with Crippen LogP contribution in [-0.4, -0.2) is 18.8 Å². The quantitative estimate of drug-likeness (QED) is 0.511. The summed E-state index contributed by atoms with van der Waals surface area (Å²) in [5, 5.41) is 0. The van der Waals surface area contributed by atoms with Crippen LogP contribution in [0.1, 0.15) is 24.8 Å². The van der Waals surface area contributed by atoms with Crippen molar-refractivity contribution in [2.24, 2.45) is 5.92 Å². The van der Waals surface area contributed by atoms with Crippen molar-refractivity contribution >= 4 is 17.7 Å². The summed E-state index contributed by atoms with van der Waals surface area (Å²) in [7, 11) is 1.48. The van der Waals surface area contributed by atoms with Crippen molar-refractivity contribution in [3.63, 3.8) is 0 Å². The number of benzene rings is 2. The van der Waals surface area contributed by atoms with Crippen LogP contribution < -0.4 is 0 Å². The fourth-order valence-electron chi connectivity index (χ4n) is 3.67. The lowest BCUT2D eigenvalue weighted by Crippen LogP contribution is -2.21. The van der Waals surface area contributed by atoms with Crippen molar-refractivity contribution in [1.29, 1.82) is 0 Å². The molecule has 0 amide bonds. The van der Waals surface area contributed by atoms with E-state index in [1.54, 1.807) is 0 Å². The molecule has 0 aromatic heterocycles. The van der Waals surface area contributed by atoms with Crippen molar-refractivity contribution in [3.05, 3.63) is 72.8 Å². The van der Waals surface area contributed by atoms with Crippen LogP contribution in [0.5, 0.6) is 0 Å². The normalized spacial score (nSPS) is 22.5. The molecule has 3 rings (SSSR count). The molecular formula is C22H24O2S. The smallest absolute Gasteiger partial charge is 0.308 e. The summed E-state index contributed by atoms with van der Waals surface area (Å²) in [6.45, 7) is 3.86. The van der Waals surface area contributed by atoms with Crippen LogP contribution in [0.3, 0.4) is 0 Å². The fourth-order valence-corrected chi connectivity index (χ4v) is 4.99. The molecule has 0 radical (unpaired) electrons. The van der Waals surface area contributed by atoms with Crippen LogP contribution in [0.15, 0.2) is 67.3 Å². The van der Waals surface area contributed by atoms with Crippen molar-refractivity contribution in [2.75, 3.05) is 12.9 Å². The molecule has 130 valence electrons. The number of thioether (sulfide) groups is 1. The Morgan fingerprint density at radius 2 is 1.88 bits per heavy atom. The van der Waals surface area contributed by atoms with E-state index in [0.717, 1.165) is 25.0 Å². The van der Waals surface area contributed by atoms with E-state index in [1.165, 1.54) is 23.8 Å². The van der Waals surface area contributed by atoms with Crippen molar-refractivity contribution < 1.29 is 9.53 Å².